The number of carboxylic acid groups (broad SMARTS) is 1. The first-order valence-electron chi connectivity index (χ1n) is 16.9. The highest BCUT2D eigenvalue weighted by Crippen LogP contribution is 2.44. The minimum atomic E-state index is -1.03. The van der Waals surface area contributed by atoms with E-state index in [2.05, 4.69) is 62.4 Å². The van der Waals surface area contributed by atoms with Gasteiger partial charge in [0.25, 0.3) is 0 Å². The highest BCUT2D eigenvalue weighted by atomic mass is 16.7. The monoisotopic (exact) mass is 608 g/mol. The zero-order valence-corrected chi connectivity index (χ0v) is 28.0. The molecule has 2 aromatic carbocycles. The summed E-state index contributed by atoms with van der Waals surface area (Å²) in [6, 6.07) is 16.7. The van der Waals surface area contributed by atoms with Gasteiger partial charge >= 0.3 is 11.9 Å². The normalized spacial score (nSPS) is 22.3. The van der Waals surface area contributed by atoms with Gasteiger partial charge < -0.3 is 14.6 Å². The summed E-state index contributed by atoms with van der Waals surface area (Å²) in [6.45, 7) is 12.2. The van der Waals surface area contributed by atoms with Gasteiger partial charge in [-0.1, -0.05) is 95.5 Å². The van der Waals surface area contributed by atoms with Crippen LogP contribution in [0.1, 0.15) is 119 Å². The number of carbonyl (C=O) groups excluding carboxylic acids is 2. The molecular formula is C38H56O6. The van der Waals surface area contributed by atoms with Crippen molar-refractivity contribution in [1.29, 1.82) is 0 Å². The first kappa shape index (κ1) is 35.7. The van der Waals surface area contributed by atoms with Gasteiger partial charge in [0.15, 0.2) is 0 Å². The molecule has 5 unspecified atom stereocenters. The molecule has 1 saturated heterocycles. The largest absolute Gasteiger partial charge is 0.481 e. The fraction of sp³-hybridized carbons (Fsp3) is 0.658. The van der Waals surface area contributed by atoms with Gasteiger partial charge in [0.2, 0.25) is 6.29 Å². The number of carbonyl (C=O) groups is 3. The van der Waals surface area contributed by atoms with Crippen molar-refractivity contribution < 1.29 is 29.0 Å². The summed E-state index contributed by atoms with van der Waals surface area (Å²) in [5.74, 6) is -0.958. The standard InChI is InChI=1S/C28H48O6.C10H8/c1-7-26(4,24(30)31)19-28(6,25(32)34-22-13-9-12-16-33-22)18-20(2)17-21(3)23(29)27(5)14-10-8-11-15-27;1-2-6-10-8-4-3-7-9(10)5-1/h20-22H,7-19H2,1-6H3,(H,30,31);1-8H. The zero-order valence-electron chi connectivity index (χ0n) is 28.0. The van der Waals surface area contributed by atoms with Crippen molar-refractivity contribution in [3.05, 3.63) is 48.5 Å². The SMILES string of the molecule is CCC(C)(CC(C)(CC(C)CC(C)C(=O)C1(C)CCCCC1)C(=O)OC1CCCCO1)C(=O)O.c1ccc2ccccc2c1. The average Bonchev–Trinajstić information content (AvgIpc) is 3.01. The Morgan fingerprint density at radius 1 is 0.932 bits per heavy atom. The van der Waals surface area contributed by atoms with Crippen molar-refractivity contribution in [2.45, 2.75) is 125 Å². The third kappa shape index (κ3) is 9.63. The molecule has 5 atom stereocenters. The lowest BCUT2D eigenvalue weighted by molar-refractivity contribution is -0.199. The first-order valence-corrected chi connectivity index (χ1v) is 16.9. The van der Waals surface area contributed by atoms with Crippen LogP contribution >= 0.6 is 0 Å². The second-order valence-corrected chi connectivity index (χ2v) is 14.4. The molecule has 1 saturated carbocycles. The van der Waals surface area contributed by atoms with Crippen LogP contribution < -0.4 is 0 Å². The molecule has 244 valence electrons. The molecular weight excluding hydrogens is 552 g/mol. The molecule has 1 heterocycles. The maximum Gasteiger partial charge on any atom is 0.314 e. The topological polar surface area (TPSA) is 89.9 Å². The zero-order chi connectivity index (χ0) is 32.4. The van der Waals surface area contributed by atoms with Gasteiger partial charge in [-0.3, -0.25) is 14.4 Å². The van der Waals surface area contributed by atoms with Crippen LogP contribution in [-0.4, -0.2) is 35.7 Å². The maximum absolute atomic E-state index is 13.4. The molecule has 1 aliphatic heterocycles. The van der Waals surface area contributed by atoms with Gasteiger partial charge in [0, 0.05) is 17.8 Å². The molecule has 0 aromatic heterocycles. The molecule has 2 fully saturated rings. The summed E-state index contributed by atoms with van der Waals surface area (Å²) >= 11 is 0. The van der Waals surface area contributed by atoms with Gasteiger partial charge in [0.05, 0.1) is 17.4 Å². The van der Waals surface area contributed by atoms with Crippen molar-refractivity contribution in [1.82, 2.24) is 0 Å². The van der Waals surface area contributed by atoms with E-state index in [9.17, 15) is 19.5 Å². The molecule has 1 aliphatic carbocycles. The molecule has 6 heteroatoms. The lowest BCUT2D eigenvalue weighted by Crippen LogP contribution is -2.42. The number of carboxylic acids is 1. The summed E-state index contributed by atoms with van der Waals surface area (Å²) in [7, 11) is 0. The molecule has 0 spiro atoms. The van der Waals surface area contributed by atoms with Crippen LogP contribution in [0.2, 0.25) is 0 Å². The summed E-state index contributed by atoms with van der Waals surface area (Å²) < 4.78 is 11.4. The Kier molecular flexibility index (Phi) is 13.0. The minimum Gasteiger partial charge on any atom is -0.481 e. The fourth-order valence-corrected chi connectivity index (χ4v) is 7.38. The number of hydrogen-bond donors (Lipinski definition) is 1. The Labute approximate surface area is 265 Å². The highest BCUT2D eigenvalue weighted by Gasteiger charge is 2.47. The van der Waals surface area contributed by atoms with Crippen molar-refractivity contribution in [3.63, 3.8) is 0 Å². The van der Waals surface area contributed by atoms with Crippen molar-refractivity contribution in [2.24, 2.45) is 28.1 Å². The number of benzene rings is 2. The summed E-state index contributed by atoms with van der Waals surface area (Å²) in [5, 5.41) is 12.5. The van der Waals surface area contributed by atoms with Crippen LogP contribution in [0, 0.1) is 28.1 Å². The van der Waals surface area contributed by atoms with Crippen LogP contribution in [-0.2, 0) is 23.9 Å². The van der Waals surface area contributed by atoms with E-state index in [1.807, 2.05) is 20.8 Å². The quantitative estimate of drug-likeness (QED) is 0.242. The average molecular weight is 609 g/mol. The molecule has 0 amide bonds. The Hall–Kier alpha value is -2.73. The number of hydrogen-bond acceptors (Lipinski definition) is 5. The molecule has 0 bridgehead atoms. The van der Waals surface area contributed by atoms with E-state index in [1.54, 1.807) is 6.92 Å². The number of aliphatic carboxylic acids is 1. The number of esters is 1. The van der Waals surface area contributed by atoms with Crippen molar-refractivity contribution in [2.75, 3.05) is 6.61 Å². The van der Waals surface area contributed by atoms with Gasteiger partial charge in [0.1, 0.15) is 5.78 Å². The summed E-state index contributed by atoms with van der Waals surface area (Å²) in [6.07, 6.45) is 9.17. The van der Waals surface area contributed by atoms with Crippen LogP contribution in [0.15, 0.2) is 48.5 Å². The third-order valence-electron chi connectivity index (χ3n) is 10.2. The van der Waals surface area contributed by atoms with Crippen LogP contribution in [0.3, 0.4) is 0 Å². The van der Waals surface area contributed by atoms with Crippen LogP contribution in [0.25, 0.3) is 10.8 Å². The number of fused-ring (bicyclic) bond motifs is 1. The minimum absolute atomic E-state index is 0.0749. The van der Waals surface area contributed by atoms with Crippen LogP contribution in [0.4, 0.5) is 0 Å². The van der Waals surface area contributed by atoms with Gasteiger partial charge in [-0.15, -0.1) is 0 Å². The molecule has 0 radical (unpaired) electrons. The second-order valence-electron chi connectivity index (χ2n) is 14.4. The molecule has 6 nitrogen and oxygen atoms in total. The number of ketones is 1. The number of ether oxygens (including phenoxy) is 2. The van der Waals surface area contributed by atoms with Gasteiger partial charge in [-0.05, 0) is 81.9 Å². The Morgan fingerprint density at radius 2 is 1.50 bits per heavy atom. The van der Waals surface area contributed by atoms with E-state index >= 15 is 0 Å². The van der Waals surface area contributed by atoms with Gasteiger partial charge in [-0.25, -0.2) is 0 Å². The molecule has 2 aliphatic rings. The Morgan fingerprint density at radius 3 is 1.98 bits per heavy atom. The predicted octanol–water partition coefficient (Wildman–Crippen LogP) is 9.39. The third-order valence-corrected chi connectivity index (χ3v) is 10.2. The lowest BCUT2D eigenvalue weighted by Gasteiger charge is -2.39. The Balaban J connectivity index is 0.000000440. The van der Waals surface area contributed by atoms with Crippen molar-refractivity contribution >= 4 is 28.5 Å². The van der Waals surface area contributed by atoms with E-state index in [4.69, 9.17) is 9.47 Å². The molecule has 4 rings (SSSR count). The smallest absolute Gasteiger partial charge is 0.314 e. The molecule has 1 N–H and O–H groups in total. The first-order chi connectivity index (χ1) is 20.8. The number of Topliss-reactive ketones (excluding diaryl/α,β-unsaturated/α-hetero) is 1. The Bertz CT molecular complexity index is 1160. The summed E-state index contributed by atoms with van der Waals surface area (Å²) in [4.78, 5) is 38.8. The molecule has 2 aromatic rings. The van der Waals surface area contributed by atoms with Gasteiger partial charge in [-0.2, -0.15) is 0 Å². The van der Waals surface area contributed by atoms with Crippen LogP contribution in [0.5, 0.6) is 0 Å². The highest BCUT2D eigenvalue weighted by molar-refractivity contribution is 5.86. The van der Waals surface area contributed by atoms with E-state index < -0.39 is 23.1 Å². The summed E-state index contributed by atoms with van der Waals surface area (Å²) in [5.41, 5.74) is -2.24. The molecule has 44 heavy (non-hydrogen) atoms. The van der Waals surface area contributed by atoms with E-state index in [0.717, 1.165) is 38.5 Å². The van der Waals surface area contributed by atoms with E-state index in [0.29, 0.717) is 38.1 Å². The lowest BCUT2D eigenvalue weighted by atomic mass is 9.66. The fourth-order valence-electron chi connectivity index (χ4n) is 7.38. The van der Waals surface area contributed by atoms with Crippen molar-refractivity contribution in [3.8, 4) is 0 Å². The predicted molar refractivity (Wildman–Crippen MR) is 176 cm³/mol. The van der Waals surface area contributed by atoms with E-state index in [1.165, 1.54) is 17.2 Å². The second kappa shape index (κ2) is 16.0. The maximum atomic E-state index is 13.4. The van der Waals surface area contributed by atoms with E-state index in [-0.39, 0.29) is 29.6 Å². The number of rotatable bonds is 12.